The second-order valence-electron chi connectivity index (χ2n) is 3.73. The zero-order valence-electron chi connectivity index (χ0n) is 8.50. The molecule has 14 heavy (non-hydrogen) atoms. The zero-order valence-corrected chi connectivity index (χ0v) is 8.50. The van der Waals surface area contributed by atoms with E-state index in [1.54, 1.807) is 0 Å². The van der Waals surface area contributed by atoms with Gasteiger partial charge in [-0.2, -0.15) is 0 Å². The van der Waals surface area contributed by atoms with E-state index in [2.05, 4.69) is 25.1 Å². The molecule has 2 rings (SSSR count). The Morgan fingerprint density at radius 1 is 1.07 bits per heavy atom. The molecule has 0 atom stereocenters. The first-order valence-electron chi connectivity index (χ1n) is 4.79. The average molecular weight is 185 g/mol. The van der Waals surface area contributed by atoms with Gasteiger partial charge in [0.2, 0.25) is 0 Å². The fraction of sp³-hybridized carbons (Fsp3) is 0.231. The molecule has 1 radical (unpaired) electrons. The number of fused-ring (bicyclic) bond motifs is 1. The van der Waals surface area contributed by atoms with Gasteiger partial charge in [-0.25, -0.2) is 5.11 Å². The van der Waals surface area contributed by atoms with Gasteiger partial charge in [0.1, 0.15) is 6.61 Å². The van der Waals surface area contributed by atoms with Crippen molar-refractivity contribution in [2.45, 2.75) is 20.5 Å². The molecule has 0 heterocycles. The van der Waals surface area contributed by atoms with Crippen LogP contribution >= 0.6 is 0 Å². The molecule has 71 valence electrons. The maximum Gasteiger partial charge on any atom is 0.108 e. The van der Waals surface area contributed by atoms with E-state index in [9.17, 15) is 5.11 Å². The predicted molar refractivity (Wildman–Crippen MR) is 57.8 cm³/mol. The molecular weight excluding hydrogens is 172 g/mol. The molecule has 0 aromatic heterocycles. The molecule has 1 heteroatoms. The molecular formula is C13H13O. The van der Waals surface area contributed by atoms with E-state index in [1.165, 1.54) is 10.9 Å². The summed E-state index contributed by atoms with van der Waals surface area (Å²) in [6, 6.07) is 10.3. The largest absolute Gasteiger partial charge is 0.232 e. The minimum Gasteiger partial charge on any atom is -0.232 e. The average Bonchev–Trinajstić information content (AvgIpc) is 2.18. The van der Waals surface area contributed by atoms with E-state index in [0.717, 1.165) is 16.5 Å². The molecule has 0 aliphatic heterocycles. The third kappa shape index (κ3) is 1.40. The van der Waals surface area contributed by atoms with Crippen molar-refractivity contribution in [1.29, 1.82) is 0 Å². The third-order valence-electron chi connectivity index (χ3n) is 2.67. The predicted octanol–water partition coefficient (Wildman–Crippen LogP) is 3.39. The Hall–Kier alpha value is -1.34. The number of hydrogen-bond acceptors (Lipinski definition) is 0. The van der Waals surface area contributed by atoms with Crippen LogP contribution in [-0.2, 0) is 11.7 Å². The molecule has 0 bridgehead atoms. The van der Waals surface area contributed by atoms with E-state index in [0.29, 0.717) is 0 Å². The molecule has 0 fully saturated rings. The SMILES string of the molecule is Cc1ccc2c(C[O])c(C)ccc2c1. The first kappa shape index (κ1) is 9.22. The van der Waals surface area contributed by atoms with Gasteiger partial charge in [0.15, 0.2) is 0 Å². The van der Waals surface area contributed by atoms with E-state index >= 15 is 0 Å². The molecule has 0 amide bonds. The van der Waals surface area contributed by atoms with Crippen molar-refractivity contribution in [3.8, 4) is 0 Å². The van der Waals surface area contributed by atoms with E-state index in [4.69, 9.17) is 0 Å². The Kier molecular flexibility index (Phi) is 2.26. The molecule has 0 unspecified atom stereocenters. The van der Waals surface area contributed by atoms with Crippen LogP contribution in [0.1, 0.15) is 16.7 Å². The zero-order chi connectivity index (χ0) is 10.1. The highest BCUT2D eigenvalue weighted by Gasteiger charge is 2.03. The maximum atomic E-state index is 11.1. The highest BCUT2D eigenvalue weighted by atomic mass is 16.3. The first-order valence-corrected chi connectivity index (χ1v) is 4.79. The van der Waals surface area contributed by atoms with Gasteiger partial charge in [-0.1, -0.05) is 35.9 Å². The van der Waals surface area contributed by atoms with Crippen LogP contribution in [0.5, 0.6) is 0 Å². The quantitative estimate of drug-likeness (QED) is 0.649. The Labute approximate surface area is 84.0 Å². The van der Waals surface area contributed by atoms with Crippen molar-refractivity contribution >= 4 is 10.8 Å². The monoisotopic (exact) mass is 185 g/mol. The van der Waals surface area contributed by atoms with Gasteiger partial charge < -0.3 is 0 Å². The van der Waals surface area contributed by atoms with Gasteiger partial charge in [-0.3, -0.25) is 0 Å². The summed E-state index contributed by atoms with van der Waals surface area (Å²) < 4.78 is 0. The Balaban J connectivity index is 2.82. The minimum absolute atomic E-state index is 0.133. The molecule has 0 aliphatic rings. The normalized spacial score (nSPS) is 10.8. The molecule has 0 saturated heterocycles. The van der Waals surface area contributed by atoms with Gasteiger partial charge in [0.05, 0.1) is 0 Å². The molecule has 1 nitrogen and oxygen atoms in total. The molecule has 0 spiro atoms. The fourth-order valence-electron chi connectivity index (χ4n) is 1.81. The van der Waals surface area contributed by atoms with Crippen LogP contribution in [0, 0.1) is 13.8 Å². The number of aryl methyl sites for hydroxylation is 2. The first-order chi connectivity index (χ1) is 6.72. The lowest BCUT2D eigenvalue weighted by Gasteiger charge is -2.07. The van der Waals surface area contributed by atoms with E-state index < -0.39 is 0 Å². The summed E-state index contributed by atoms with van der Waals surface area (Å²) in [5.74, 6) is 0. The molecule has 2 aromatic carbocycles. The van der Waals surface area contributed by atoms with Crippen molar-refractivity contribution in [2.75, 3.05) is 0 Å². The van der Waals surface area contributed by atoms with E-state index in [-0.39, 0.29) is 6.61 Å². The Morgan fingerprint density at radius 3 is 2.57 bits per heavy atom. The third-order valence-corrected chi connectivity index (χ3v) is 2.67. The van der Waals surface area contributed by atoms with Crippen LogP contribution in [0.2, 0.25) is 0 Å². The van der Waals surface area contributed by atoms with Crippen LogP contribution < -0.4 is 0 Å². The summed E-state index contributed by atoms with van der Waals surface area (Å²) in [4.78, 5) is 0. The molecule has 0 saturated carbocycles. The van der Waals surface area contributed by atoms with Crippen molar-refractivity contribution < 1.29 is 5.11 Å². The van der Waals surface area contributed by atoms with E-state index in [1.807, 2.05) is 19.1 Å². The summed E-state index contributed by atoms with van der Waals surface area (Å²) in [5, 5.41) is 13.3. The van der Waals surface area contributed by atoms with Crippen LogP contribution in [0.15, 0.2) is 30.3 Å². The van der Waals surface area contributed by atoms with Gasteiger partial charge in [-0.15, -0.1) is 0 Å². The van der Waals surface area contributed by atoms with Crippen molar-refractivity contribution in [3.05, 3.63) is 47.0 Å². The van der Waals surface area contributed by atoms with Gasteiger partial charge in [0, 0.05) is 0 Å². The highest BCUT2D eigenvalue weighted by molar-refractivity contribution is 5.87. The van der Waals surface area contributed by atoms with Crippen molar-refractivity contribution in [2.24, 2.45) is 0 Å². The summed E-state index contributed by atoms with van der Waals surface area (Å²) >= 11 is 0. The highest BCUT2D eigenvalue weighted by Crippen LogP contribution is 2.23. The number of rotatable bonds is 1. The number of hydrogen-bond donors (Lipinski definition) is 0. The molecule has 0 aliphatic carbocycles. The second kappa shape index (κ2) is 3.43. The summed E-state index contributed by atoms with van der Waals surface area (Å²) in [7, 11) is 0. The lowest BCUT2D eigenvalue weighted by atomic mass is 9.99. The van der Waals surface area contributed by atoms with Gasteiger partial charge in [0.25, 0.3) is 0 Å². The van der Waals surface area contributed by atoms with Crippen molar-refractivity contribution in [1.82, 2.24) is 0 Å². The maximum absolute atomic E-state index is 11.1. The Morgan fingerprint density at radius 2 is 1.86 bits per heavy atom. The second-order valence-corrected chi connectivity index (χ2v) is 3.73. The number of benzene rings is 2. The lowest BCUT2D eigenvalue weighted by molar-refractivity contribution is 0.178. The summed E-state index contributed by atoms with van der Waals surface area (Å²) in [6.07, 6.45) is 0. The topological polar surface area (TPSA) is 19.9 Å². The van der Waals surface area contributed by atoms with Crippen LogP contribution in [0.3, 0.4) is 0 Å². The standard InChI is InChI=1S/C13H13O/c1-9-3-6-12-11(7-9)5-4-10(2)13(12)8-14/h3-7H,8H2,1-2H3. The molecule has 0 N–H and O–H groups in total. The molecule has 2 aromatic rings. The minimum atomic E-state index is -0.133. The smallest absolute Gasteiger partial charge is 0.108 e. The summed E-state index contributed by atoms with van der Waals surface area (Å²) in [6.45, 7) is 3.93. The van der Waals surface area contributed by atoms with Crippen LogP contribution in [-0.4, -0.2) is 0 Å². The van der Waals surface area contributed by atoms with Gasteiger partial charge in [-0.05, 0) is 35.7 Å². The Bertz CT molecular complexity index is 472. The van der Waals surface area contributed by atoms with Crippen molar-refractivity contribution in [3.63, 3.8) is 0 Å². The lowest BCUT2D eigenvalue weighted by Crippen LogP contribution is -1.89. The van der Waals surface area contributed by atoms with Crippen LogP contribution in [0.25, 0.3) is 10.8 Å². The van der Waals surface area contributed by atoms with Gasteiger partial charge >= 0.3 is 0 Å². The summed E-state index contributed by atoms with van der Waals surface area (Å²) in [5.41, 5.74) is 3.26. The fourth-order valence-corrected chi connectivity index (χ4v) is 1.81. The van der Waals surface area contributed by atoms with Crippen LogP contribution in [0.4, 0.5) is 0 Å².